The van der Waals surface area contributed by atoms with Gasteiger partial charge in [0, 0.05) is 12.1 Å². The van der Waals surface area contributed by atoms with E-state index < -0.39 is 0 Å². The fourth-order valence-electron chi connectivity index (χ4n) is 2.41. The van der Waals surface area contributed by atoms with E-state index >= 15 is 0 Å². The minimum atomic E-state index is -0.388. The van der Waals surface area contributed by atoms with Gasteiger partial charge in [-0.25, -0.2) is 0 Å². The molecule has 1 heterocycles. The monoisotopic (exact) mass is 296 g/mol. The van der Waals surface area contributed by atoms with Crippen molar-refractivity contribution in [2.75, 3.05) is 0 Å². The van der Waals surface area contributed by atoms with Gasteiger partial charge in [-0.05, 0) is 23.1 Å². The molecule has 4 nitrogen and oxygen atoms in total. The molecule has 0 radical (unpaired) electrons. The molecule has 0 spiro atoms. The molecular formula is C18H16O4. The summed E-state index contributed by atoms with van der Waals surface area (Å²) in [5, 5.41) is 19.2. The molecule has 3 rings (SSSR count). The molecular weight excluding hydrogens is 280 g/mol. The van der Waals surface area contributed by atoms with Gasteiger partial charge in [-0.15, -0.1) is 0 Å². The van der Waals surface area contributed by atoms with Crippen LogP contribution in [0.25, 0.3) is 6.08 Å². The van der Waals surface area contributed by atoms with Gasteiger partial charge in [-0.1, -0.05) is 38.1 Å². The number of allylic oxidation sites excluding steroid dienone is 1. The predicted octanol–water partition coefficient (Wildman–Crippen LogP) is 3.84. The van der Waals surface area contributed by atoms with E-state index in [2.05, 4.69) is 13.8 Å². The van der Waals surface area contributed by atoms with Gasteiger partial charge in [0.05, 0.1) is 0 Å². The van der Waals surface area contributed by atoms with Crippen LogP contribution in [0, 0.1) is 0 Å². The summed E-state index contributed by atoms with van der Waals surface area (Å²) in [6, 6.07) is 10.3. The van der Waals surface area contributed by atoms with Gasteiger partial charge >= 0.3 is 0 Å². The van der Waals surface area contributed by atoms with Crippen LogP contribution in [-0.4, -0.2) is 16.0 Å². The molecule has 4 heteroatoms. The third-order valence-corrected chi connectivity index (χ3v) is 3.64. The molecule has 0 atom stereocenters. The zero-order chi connectivity index (χ0) is 15.9. The van der Waals surface area contributed by atoms with E-state index in [0.717, 1.165) is 11.6 Å². The molecule has 2 N–H and O–H groups in total. The molecule has 0 fully saturated rings. The first-order valence-electron chi connectivity index (χ1n) is 7.06. The average Bonchev–Trinajstić information content (AvgIpc) is 2.75. The summed E-state index contributed by atoms with van der Waals surface area (Å²) < 4.78 is 5.45. The predicted molar refractivity (Wildman–Crippen MR) is 83.2 cm³/mol. The summed E-state index contributed by atoms with van der Waals surface area (Å²) in [5.41, 5.74) is 2.14. The minimum Gasteiger partial charge on any atom is -0.508 e. The van der Waals surface area contributed by atoms with Gasteiger partial charge in [0.1, 0.15) is 22.8 Å². The fourth-order valence-corrected chi connectivity index (χ4v) is 2.41. The molecule has 0 saturated heterocycles. The lowest BCUT2D eigenvalue weighted by atomic mass is 10.0. The number of aromatic hydroxyl groups is 2. The van der Waals surface area contributed by atoms with E-state index in [9.17, 15) is 15.0 Å². The summed E-state index contributed by atoms with van der Waals surface area (Å²) in [7, 11) is 0. The maximum absolute atomic E-state index is 12.3. The van der Waals surface area contributed by atoms with E-state index in [1.165, 1.54) is 11.6 Å². The number of ketones is 1. The SMILES string of the molecule is CC(C)c1ccc(/C=C2\Oc3cc(O)cc(O)c3C2=O)cc1. The number of benzene rings is 2. The normalized spacial score (nSPS) is 15.2. The van der Waals surface area contributed by atoms with E-state index in [4.69, 9.17) is 4.74 Å². The molecule has 0 aliphatic carbocycles. The van der Waals surface area contributed by atoms with Crippen LogP contribution in [-0.2, 0) is 0 Å². The Hall–Kier alpha value is -2.75. The highest BCUT2D eigenvalue weighted by Crippen LogP contribution is 2.40. The molecule has 112 valence electrons. The highest BCUT2D eigenvalue weighted by molar-refractivity contribution is 6.16. The smallest absolute Gasteiger partial charge is 0.235 e. The molecule has 0 amide bonds. The first kappa shape index (κ1) is 14.2. The largest absolute Gasteiger partial charge is 0.508 e. The Morgan fingerprint density at radius 1 is 1.09 bits per heavy atom. The van der Waals surface area contributed by atoms with Gasteiger partial charge in [0.15, 0.2) is 5.76 Å². The number of rotatable bonds is 2. The van der Waals surface area contributed by atoms with E-state index in [1.807, 2.05) is 24.3 Å². The summed E-state index contributed by atoms with van der Waals surface area (Å²) in [6.07, 6.45) is 1.63. The lowest BCUT2D eigenvalue weighted by Gasteiger charge is -2.05. The van der Waals surface area contributed by atoms with Crippen LogP contribution in [0.3, 0.4) is 0 Å². The van der Waals surface area contributed by atoms with Gasteiger partial charge in [-0.3, -0.25) is 4.79 Å². The number of carbonyl (C=O) groups excluding carboxylic acids is 1. The summed E-state index contributed by atoms with van der Waals surface area (Å²) >= 11 is 0. The average molecular weight is 296 g/mol. The number of carbonyl (C=O) groups is 1. The van der Waals surface area contributed by atoms with Crippen molar-refractivity contribution in [2.24, 2.45) is 0 Å². The van der Waals surface area contributed by atoms with Crippen molar-refractivity contribution in [1.82, 2.24) is 0 Å². The van der Waals surface area contributed by atoms with E-state index in [0.29, 0.717) is 5.92 Å². The van der Waals surface area contributed by atoms with Crippen LogP contribution in [0.4, 0.5) is 0 Å². The van der Waals surface area contributed by atoms with Crippen molar-refractivity contribution in [1.29, 1.82) is 0 Å². The maximum Gasteiger partial charge on any atom is 0.235 e. The molecule has 0 unspecified atom stereocenters. The number of phenols is 2. The van der Waals surface area contributed by atoms with Gasteiger partial charge < -0.3 is 14.9 Å². The zero-order valence-electron chi connectivity index (χ0n) is 12.3. The third-order valence-electron chi connectivity index (χ3n) is 3.64. The molecule has 1 aliphatic rings. The van der Waals surface area contributed by atoms with Crippen molar-refractivity contribution < 1.29 is 19.7 Å². The quantitative estimate of drug-likeness (QED) is 0.826. The fraction of sp³-hybridized carbons (Fsp3) is 0.167. The van der Waals surface area contributed by atoms with Crippen molar-refractivity contribution in [3.05, 3.63) is 58.8 Å². The molecule has 22 heavy (non-hydrogen) atoms. The lowest BCUT2D eigenvalue weighted by Crippen LogP contribution is -1.98. The van der Waals surface area contributed by atoms with Gasteiger partial charge in [0.25, 0.3) is 0 Å². The highest BCUT2D eigenvalue weighted by atomic mass is 16.5. The summed E-state index contributed by atoms with van der Waals surface area (Å²) in [5.74, 6) is -0.0680. The van der Waals surface area contributed by atoms with E-state index in [1.54, 1.807) is 6.08 Å². The van der Waals surface area contributed by atoms with Crippen LogP contribution >= 0.6 is 0 Å². The van der Waals surface area contributed by atoms with Crippen molar-refractivity contribution in [2.45, 2.75) is 19.8 Å². The van der Waals surface area contributed by atoms with Crippen molar-refractivity contribution >= 4 is 11.9 Å². The van der Waals surface area contributed by atoms with Gasteiger partial charge in [0.2, 0.25) is 5.78 Å². The number of fused-ring (bicyclic) bond motifs is 1. The van der Waals surface area contributed by atoms with Crippen LogP contribution in [0.1, 0.15) is 41.3 Å². The Balaban J connectivity index is 1.94. The first-order valence-corrected chi connectivity index (χ1v) is 7.06. The molecule has 1 aliphatic heterocycles. The Morgan fingerprint density at radius 2 is 1.77 bits per heavy atom. The van der Waals surface area contributed by atoms with Crippen LogP contribution in [0.2, 0.25) is 0 Å². The topological polar surface area (TPSA) is 66.8 Å². The maximum atomic E-state index is 12.3. The van der Waals surface area contributed by atoms with Crippen molar-refractivity contribution in [3.8, 4) is 17.2 Å². The number of ether oxygens (including phenoxy) is 1. The second-order valence-electron chi connectivity index (χ2n) is 5.60. The summed E-state index contributed by atoms with van der Waals surface area (Å²) in [4.78, 5) is 12.3. The lowest BCUT2D eigenvalue weighted by molar-refractivity contribution is 0.101. The Morgan fingerprint density at radius 3 is 2.41 bits per heavy atom. The molecule has 0 saturated carbocycles. The number of Topliss-reactive ketones (excluding diaryl/α,β-unsaturated/α-hetero) is 1. The van der Waals surface area contributed by atoms with Crippen LogP contribution < -0.4 is 4.74 Å². The van der Waals surface area contributed by atoms with Crippen LogP contribution in [0.15, 0.2) is 42.2 Å². The number of hydrogen-bond acceptors (Lipinski definition) is 4. The number of hydrogen-bond donors (Lipinski definition) is 2. The highest BCUT2D eigenvalue weighted by Gasteiger charge is 2.31. The Labute approximate surface area is 128 Å². The second kappa shape index (κ2) is 5.22. The molecule has 2 aromatic carbocycles. The standard InChI is InChI=1S/C18H16O4/c1-10(2)12-5-3-11(4-6-12)7-16-18(21)17-14(20)8-13(19)9-15(17)22-16/h3-10,19-20H,1-2H3/b16-7-. The first-order chi connectivity index (χ1) is 10.5. The Kier molecular flexibility index (Phi) is 3.37. The number of phenolic OH excluding ortho intramolecular Hbond substituents is 2. The summed E-state index contributed by atoms with van der Waals surface area (Å²) in [6.45, 7) is 4.23. The van der Waals surface area contributed by atoms with E-state index in [-0.39, 0.29) is 34.4 Å². The minimum absolute atomic E-state index is 0.0860. The zero-order valence-corrected chi connectivity index (χ0v) is 12.3. The van der Waals surface area contributed by atoms with Crippen LogP contribution in [0.5, 0.6) is 17.2 Å². The van der Waals surface area contributed by atoms with Gasteiger partial charge in [-0.2, -0.15) is 0 Å². The third kappa shape index (κ3) is 2.44. The molecule has 0 aromatic heterocycles. The molecule has 0 bridgehead atoms. The Bertz CT molecular complexity index is 770. The second-order valence-corrected chi connectivity index (χ2v) is 5.60. The van der Waals surface area contributed by atoms with Crippen molar-refractivity contribution in [3.63, 3.8) is 0 Å². The molecule has 2 aromatic rings.